The van der Waals surface area contributed by atoms with Crippen LogP contribution in [0.2, 0.25) is 0 Å². The van der Waals surface area contributed by atoms with Gasteiger partial charge in [0.05, 0.1) is 0 Å². The lowest BCUT2D eigenvalue weighted by molar-refractivity contribution is -0.156. The number of carbonyl (C=O) groups excluding carboxylic acids is 3. The molecule has 0 heterocycles. The standard InChI is InChI=1S/C14H17BrN2O5/c1-3-16-14(20)17-13(19)9(2)22-12(18)8-21-11-6-4-10(15)5-7-11/h4-7,9H,3,8H2,1-2H3,(H2,16,17,19,20). The molecule has 1 atom stereocenters. The molecule has 0 saturated heterocycles. The van der Waals surface area contributed by atoms with Crippen LogP contribution in [0.25, 0.3) is 0 Å². The maximum absolute atomic E-state index is 11.6. The van der Waals surface area contributed by atoms with E-state index in [0.717, 1.165) is 4.47 Å². The van der Waals surface area contributed by atoms with Crippen LogP contribution in [-0.2, 0) is 14.3 Å². The van der Waals surface area contributed by atoms with Crippen LogP contribution in [0, 0.1) is 0 Å². The monoisotopic (exact) mass is 372 g/mol. The summed E-state index contributed by atoms with van der Waals surface area (Å²) in [5, 5.41) is 4.45. The van der Waals surface area contributed by atoms with E-state index in [2.05, 4.69) is 26.6 Å². The minimum atomic E-state index is -1.09. The van der Waals surface area contributed by atoms with Crippen molar-refractivity contribution in [2.24, 2.45) is 0 Å². The van der Waals surface area contributed by atoms with Gasteiger partial charge in [-0.3, -0.25) is 10.1 Å². The summed E-state index contributed by atoms with van der Waals surface area (Å²) in [7, 11) is 0. The molecule has 0 saturated carbocycles. The van der Waals surface area contributed by atoms with Gasteiger partial charge in [-0.05, 0) is 38.1 Å². The molecule has 0 aliphatic rings. The number of ether oxygens (including phenoxy) is 2. The Morgan fingerprint density at radius 1 is 1.23 bits per heavy atom. The van der Waals surface area contributed by atoms with Gasteiger partial charge in [-0.1, -0.05) is 15.9 Å². The summed E-state index contributed by atoms with van der Waals surface area (Å²) in [5.41, 5.74) is 0. The molecule has 0 radical (unpaired) electrons. The molecule has 22 heavy (non-hydrogen) atoms. The predicted octanol–water partition coefficient (Wildman–Crippen LogP) is 1.61. The van der Waals surface area contributed by atoms with E-state index in [1.165, 1.54) is 6.92 Å². The fourth-order valence-electron chi connectivity index (χ4n) is 1.38. The molecule has 1 aromatic rings. The largest absolute Gasteiger partial charge is 0.482 e. The zero-order valence-electron chi connectivity index (χ0n) is 12.2. The molecule has 2 N–H and O–H groups in total. The first-order valence-corrected chi connectivity index (χ1v) is 7.38. The number of halogens is 1. The molecular formula is C14H17BrN2O5. The molecule has 3 amide bonds. The first kappa shape index (κ1) is 18.0. The highest BCUT2D eigenvalue weighted by molar-refractivity contribution is 9.10. The van der Waals surface area contributed by atoms with Crippen LogP contribution in [0.3, 0.4) is 0 Å². The molecule has 0 fully saturated rings. The number of rotatable bonds is 6. The van der Waals surface area contributed by atoms with Crippen molar-refractivity contribution in [3.8, 4) is 5.75 Å². The van der Waals surface area contributed by atoms with E-state index >= 15 is 0 Å². The molecule has 8 heteroatoms. The lowest BCUT2D eigenvalue weighted by Crippen LogP contribution is -2.44. The van der Waals surface area contributed by atoms with Crippen LogP contribution < -0.4 is 15.4 Å². The van der Waals surface area contributed by atoms with E-state index in [-0.39, 0.29) is 6.61 Å². The van der Waals surface area contributed by atoms with E-state index in [1.54, 1.807) is 31.2 Å². The Kier molecular flexibility index (Phi) is 7.38. The topological polar surface area (TPSA) is 93.7 Å². The molecule has 0 bridgehead atoms. The molecule has 7 nitrogen and oxygen atoms in total. The van der Waals surface area contributed by atoms with Crippen molar-refractivity contribution in [2.45, 2.75) is 20.0 Å². The fraction of sp³-hybridized carbons (Fsp3) is 0.357. The molecule has 0 aliphatic carbocycles. The summed E-state index contributed by atoms with van der Waals surface area (Å²) in [6, 6.07) is 6.26. The normalized spacial score (nSPS) is 11.2. The third-order valence-electron chi connectivity index (χ3n) is 2.42. The molecule has 0 aromatic heterocycles. The van der Waals surface area contributed by atoms with Crippen molar-refractivity contribution in [2.75, 3.05) is 13.2 Å². The second kappa shape index (κ2) is 9.04. The molecule has 1 aromatic carbocycles. The second-order valence-corrected chi connectivity index (χ2v) is 5.14. The van der Waals surface area contributed by atoms with Crippen LogP contribution in [0.4, 0.5) is 4.79 Å². The first-order chi connectivity index (χ1) is 10.4. The van der Waals surface area contributed by atoms with Crippen molar-refractivity contribution < 1.29 is 23.9 Å². The van der Waals surface area contributed by atoms with Crippen LogP contribution in [0.1, 0.15) is 13.8 Å². The zero-order chi connectivity index (χ0) is 16.5. The Bertz CT molecular complexity index is 533. The van der Waals surface area contributed by atoms with Crippen molar-refractivity contribution in [3.63, 3.8) is 0 Å². The van der Waals surface area contributed by atoms with Crippen molar-refractivity contribution in [1.29, 1.82) is 0 Å². The van der Waals surface area contributed by atoms with Crippen LogP contribution >= 0.6 is 15.9 Å². The Morgan fingerprint density at radius 3 is 2.45 bits per heavy atom. The summed E-state index contributed by atoms with van der Waals surface area (Å²) >= 11 is 3.28. The number of hydrogen-bond donors (Lipinski definition) is 2. The Labute approximate surface area is 136 Å². The van der Waals surface area contributed by atoms with Gasteiger partial charge in [0.2, 0.25) is 0 Å². The lowest BCUT2D eigenvalue weighted by Gasteiger charge is -2.13. The van der Waals surface area contributed by atoms with Crippen molar-refractivity contribution >= 4 is 33.8 Å². The lowest BCUT2D eigenvalue weighted by atomic mass is 10.3. The maximum atomic E-state index is 11.6. The highest BCUT2D eigenvalue weighted by atomic mass is 79.9. The number of urea groups is 1. The van der Waals surface area contributed by atoms with Gasteiger partial charge in [-0.25, -0.2) is 9.59 Å². The van der Waals surface area contributed by atoms with E-state index in [4.69, 9.17) is 9.47 Å². The number of hydrogen-bond acceptors (Lipinski definition) is 5. The van der Waals surface area contributed by atoms with E-state index < -0.39 is 24.0 Å². The number of esters is 1. The molecule has 1 rings (SSSR count). The summed E-state index contributed by atoms with van der Waals surface area (Å²) in [6.07, 6.45) is -1.09. The van der Waals surface area contributed by atoms with Crippen LogP contribution in [-0.4, -0.2) is 37.2 Å². The van der Waals surface area contributed by atoms with Gasteiger partial charge in [0.1, 0.15) is 5.75 Å². The minimum absolute atomic E-state index is 0.333. The summed E-state index contributed by atoms with van der Waals surface area (Å²) in [4.78, 5) is 34.3. The smallest absolute Gasteiger partial charge is 0.344 e. The molecular weight excluding hydrogens is 356 g/mol. The highest BCUT2D eigenvalue weighted by Crippen LogP contribution is 2.15. The Morgan fingerprint density at radius 2 is 1.86 bits per heavy atom. The molecule has 0 spiro atoms. The van der Waals surface area contributed by atoms with E-state index in [1.807, 2.05) is 0 Å². The number of imide groups is 1. The SMILES string of the molecule is CCNC(=O)NC(=O)C(C)OC(=O)COc1ccc(Br)cc1. The Hall–Kier alpha value is -2.09. The van der Waals surface area contributed by atoms with E-state index in [0.29, 0.717) is 12.3 Å². The summed E-state index contributed by atoms with van der Waals surface area (Å²) in [5.74, 6) is -0.913. The fourth-order valence-corrected chi connectivity index (χ4v) is 1.64. The number of carbonyl (C=O) groups is 3. The number of benzene rings is 1. The predicted molar refractivity (Wildman–Crippen MR) is 82.4 cm³/mol. The van der Waals surface area contributed by atoms with Gasteiger partial charge in [0, 0.05) is 11.0 Å². The molecule has 1 unspecified atom stereocenters. The highest BCUT2D eigenvalue weighted by Gasteiger charge is 2.19. The van der Waals surface area contributed by atoms with Gasteiger partial charge < -0.3 is 14.8 Å². The van der Waals surface area contributed by atoms with Gasteiger partial charge in [-0.15, -0.1) is 0 Å². The van der Waals surface area contributed by atoms with Crippen molar-refractivity contribution in [3.05, 3.63) is 28.7 Å². The second-order valence-electron chi connectivity index (χ2n) is 4.22. The van der Waals surface area contributed by atoms with Gasteiger partial charge in [0.15, 0.2) is 12.7 Å². The number of nitrogens with one attached hydrogen (secondary N) is 2. The van der Waals surface area contributed by atoms with Gasteiger partial charge in [-0.2, -0.15) is 0 Å². The summed E-state index contributed by atoms with van der Waals surface area (Å²) < 4.78 is 11.0. The summed E-state index contributed by atoms with van der Waals surface area (Å²) in [6.45, 7) is 3.13. The third-order valence-corrected chi connectivity index (χ3v) is 2.95. The van der Waals surface area contributed by atoms with Crippen LogP contribution in [0.5, 0.6) is 5.75 Å². The van der Waals surface area contributed by atoms with Gasteiger partial charge >= 0.3 is 12.0 Å². The maximum Gasteiger partial charge on any atom is 0.344 e. The van der Waals surface area contributed by atoms with Crippen molar-refractivity contribution in [1.82, 2.24) is 10.6 Å². The average molecular weight is 373 g/mol. The first-order valence-electron chi connectivity index (χ1n) is 6.59. The Balaban J connectivity index is 2.35. The van der Waals surface area contributed by atoms with Crippen LogP contribution in [0.15, 0.2) is 28.7 Å². The quantitative estimate of drug-likeness (QED) is 0.739. The average Bonchev–Trinajstić information content (AvgIpc) is 2.46. The third kappa shape index (κ3) is 6.57. The van der Waals surface area contributed by atoms with Gasteiger partial charge in [0.25, 0.3) is 5.91 Å². The number of amides is 3. The molecule has 120 valence electrons. The minimum Gasteiger partial charge on any atom is -0.482 e. The zero-order valence-corrected chi connectivity index (χ0v) is 13.8. The van der Waals surface area contributed by atoms with E-state index in [9.17, 15) is 14.4 Å². The molecule has 0 aliphatic heterocycles.